The van der Waals surface area contributed by atoms with Crippen molar-refractivity contribution in [1.29, 1.82) is 0 Å². The van der Waals surface area contributed by atoms with Crippen molar-refractivity contribution < 1.29 is 9.18 Å². The minimum Gasteiger partial charge on any atom is -0.371 e. The largest absolute Gasteiger partial charge is 0.371 e. The number of hydrogen-bond acceptors (Lipinski definition) is 4. The van der Waals surface area contributed by atoms with Crippen molar-refractivity contribution in [1.82, 2.24) is 14.8 Å². The van der Waals surface area contributed by atoms with Gasteiger partial charge in [-0.15, -0.1) is 0 Å². The predicted octanol–water partition coefficient (Wildman–Crippen LogP) is 3.06. The Kier molecular flexibility index (Phi) is 5.75. The van der Waals surface area contributed by atoms with Gasteiger partial charge in [-0.25, -0.2) is 4.39 Å². The third-order valence-corrected chi connectivity index (χ3v) is 5.07. The maximum absolute atomic E-state index is 13.6. The Morgan fingerprint density at radius 2 is 1.93 bits per heavy atom. The fraction of sp³-hybridized carbons (Fsp3) is 0.429. The van der Waals surface area contributed by atoms with Crippen LogP contribution < -0.4 is 5.32 Å². The van der Waals surface area contributed by atoms with E-state index >= 15 is 0 Å². The van der Waals surface area contributed by atoms with Gasteiger partial charge in [-0.3, -0.25) is 14.7 Å². The number of likely N-dealkylation sites (N-methyl/N-ethyl adjacent to an activating group) is 1. The molecule has 0 atom stereocenters. The van der Waals surface area contributed by atoms with Crippen molar-refractivity contribution in [2.24, 2.45) is 0 Å². The lowest BCUT2D eigenvalue weighted by Crippen LogP contribution is -2.57. The lowest BCUT2D eigenvalue weighted by atomic mass is 9.85. The van der Waals surface area contributed by atoms with Gasteiger partial charge in [0.05, 0.1) is 5.69 Å². The van der Waals surface area contributed by atoms with Gasteiger partial charge in [0.15, 0.2) is 0 Å². The van der Waals surface area contributed by atoms with Crippen LogP contribution >= 0.6 is 0 Å². The van der Waals surface area contributed by atoms with Gasteiger partial charge in [-0.05, 0) is 50.1 Å². The molecule has 2 heterocycles. The first kappa shape index (κ1) is 19.3. The van der Waals surface area contributed by atoms with Crippen molar-refractivity contribution >= 4 is 11.6 Å². The number of carbonyl (C=O) groups is 1. The summed E-state index contributed by atoms with van der Waals surface area (Å²) in [6, 6.07) is 12.3. The first-order valence-corrected chi connectivity index (χ1v) is 9.28. The molecule has 6 heteroatoms. The number of carbonyl (C=O) groups excluding carboxylic acids is 1. The van der Waals surface area contributed by atoms with Crippen LogP contribution in [0.5, 0.6) is 0 Å². The topological polar surface area (TPSA) is 48.5 Å². The van der Waals surface area contributed by atoms with Crippen LogP contribution in [0.2, 0.25) is 0 Å². The molecule has 1 aliphatic rings. The molecule has 0 spiro atoms. The number of anilines is 1. The van der Waals surface area contributed by atoms with Crippen LogP contribution in [0.25, 0.3) is 0 Å². The van der Waals surface area contributed by atoms with E-state index in [4.69, 9.17) is 0 Å². The molecule has 1 amide bonds. The molecule has 0 radical (unpaired) electrons. The molecule has 1 aromatic carbocycles. The van der Waals surface area contributed by atoms with Gasteiger partial charge in [-0.1, -0.05) is 12.1 Å². The number of hydrogen-bond donors (Lipinski definition) is 1. The van der Waals surface area contributed by atoms with Crippen LogP contribution in [0.3, 0.4) is 0 Å². The molecule has 5 nitrogen and oxygen atoms in total. The number of benzene rings is 1. The quantitative estimate of drug-likeness (QED) is 0.879. The van der Waals surface area contributed by atoms with Crippen LogP contribution in [0.1, 0.15) is 24.2 Å². The standard InChI is InChI=1S/C21H27FN4O/c1-16-6-4-9-19(23-16)15-26-12-10-21(11-13-26,20(27)25(2)3)24-18-8-5-7-17(22)14-18/h4-9,14,24H,10-13,15H2,1-3H3. The number of aromatic nitrogens is 1. The molecular formula is C21H27FN4O. The normalized spacial score (nSPS) is 16.7. The van der Waals surface area contributed by atoms with E-state index in [0.717, 1.165) is 31.0 Å². The van der Waals surface area contributed by atoms with E-state index in [-0.39, 0.29) is 11.7 Å². The second-order valence-corrected chi connectivity index (χ2v) is 7.46. The predicted molar refractivity (Wildman–Crippen MR) is 105 cm³/mol. The minimum absolute atomic E-state index is 0.0279. The molecule has 1 aliphatic heterocycles. The zero-order chi connectivity index (χ0) is 19.4. The number of pyridine rings is 1. The molecule has 1 N–H and O–H groups in total. The van der Waals surface area contributed by atoms with Gasteiger partial charge >= 0.3 is 0 Å². The van der Waals surface area contributed by atoms with E-state index in [1.807, 2.05) is 25.1 Å². The van der Waals surface area contributed by atoms with Crippen molar-refractivity contribution in [3.8, 4) is 0 Å². The van der Waals surface area contributed by atoms with E-state index in [0.29, 0.717) is 18.5 Å². The molecule has 1 aromatic heterocycles. The van der Waals surface area contributed by atoms with Crippen LogP contribution in [0.15, 0.2) is 42.5 Å². The molecule has 0 aliphatic carbocycles. The van der Waals surface area contributed by atoms with E-state index in [1.165, 1.54) is 12.1 Å². The molecule has 2 aromatic rings. The summed E-state index contributed by atoms with van der Waals surface area (Å²) in [6.07, 6.45) is 1.32. The Balaban J connectivity index is 1.73. The highest BCUT2D eigenvalue weighted by Gasteiger charge is 2.42. The first-order valence-electron chi connectivity index (χ1n) is 9.28. The number of piperidine rings is 1. The summed E-state index contributed by atoms with van der Waals surface area (Å²) in [6.45, 7) is 4.31. The molecule has 1 saturated heterocycles. The maximum atomic E-state index is 13.6. The van der Waals surface area contributed by atoms with Gasteiger partial charge in [0, 0.05) is 45.1 Å². The number of nitrogens with one attached hydrogen (secondary N) is 1. The monoisotopic (exact) mass is 370 g/mol. The van der Waals surface area contributed by atoms with Crippen molar-refractivity contribution in [2.45, 2.75) is 31.8 Å². The highest BCUT2D eigenvalue weighted by molar-refractivity contribution is 5.89. The van der Waals surface area contributed by atoms with Crippen LogP contribution in [0, 0.1) is 12.7 Å². The lowest BCUT2D eigenvalue weighted by Gasteiger charge is -2.43. The molecule has 27 heavy (non-hydrogen) atoms. The molecule has 144 valence electrons. The lowest BCUT2D eigenvalue weighted by molar-refractivity contribution is -0.135. The molecular weight excluding hydrogens is 343 g/mol. The summed E-state index contributed by atoms with van der Waals surface area (Å²) >= 11 is 0. The van der Waals surface area contributed by atoms with Gasteiger partial charge in [0.1, 0.15) is 11.4 Å². The van der Waals surface area contributed by atoms with Gasteiger partial charge in [-0.2, -0.15) is 0 Å². The second kappa shape index (κ2) is 8.05. The summed E-state index contributed by atoms with van der Waals surface area (Å²) in [4.78, 5) is 21.5. The molecule has 0 bridgehead atoms. The second-order valence-electron chi connectivity index (χ2n) is 7.46. The minimum atomic E-state index is -0.714. The third-order valence-electron chi connectivity index (χ3n) is 5.07. The number of rotatable bonds is 5. The van der Waals surface area contributed by atoms with Crippen molar-refractivity contribution in [3.05, 3.63) is 59.7 Å². The van der Waals surface area contributed by atoms with Crippen LogP contribution in [-0.2, 0) is 11.3 Å². The maximum Gasteiger partial charge on any atom is 0.247 e. The fourth-order valence-electron chi connectivity index (χ4n) is 3.67. The molecule has 3 rings (SSSR count). The van der Waals surface area contributed by atoms with Gasteiger partial charge < -0.3 is 10.2 Å². The van der Waals surface area contributed by atoms with Gasteiger partial charge in [0.25, 0.3) is 0 Å². The Bertz CT molecular complexity index is 800. The Morgan fingerprint density at radius 3 is 2.56 bits per heavy atom. The Morgan fingerprint density at radius 1 is 1.22 bits per heavy atom. The highest BCUT2D eigenvalue weighted by atomic mass is 19.1. The number of nitrogens with zero attached hydrogens (tertiary/aromatic N) is 3. The van der Waals surface area contributed by atoms with Gasteiger partial charge in [0.2, 0.25) is 5.91 Å². The average Bonchev–Trinajstić information content (AvgIpc) is 2.63. The smallest absolute Gasteiger partial charge is 0.247 e. The van der Waals surface area contributed by atoms with E-state index in [1.54, 1.807) is 31.1 Å². The third kappa shape index (κ3) is 4.63. The molecule has 0 unspecified atom stereocenters. The fourth-order valence-corrected chi connectivity index (χ4v) is 3.67. The van der Waals surface area contributed by atoms with Crippen LogP contribution in [-0.4, -0.2) is 53.4 Å². The van der Waals surface area contributed by atoms with E-state index < -0.39 is 5.54 Å². The number of halogens is 1. The average molecular weight is 370 g/mol. The number of aryl methyl sites for hydroxylation is 1. The summed E-state index contributed by atoms with van der Waals surface area (Å²) in [5, 5.41) is 3.34. The summed E-state index contributed by atoms with van der Waals surface area (Å²) in [7, 11) is 3.53. The SMILES string of the molecule is Cc1cccc(CN2CCC(Nc3cccc(F)c3)(C(=O)N(C)C)CC2)n1. The van der Waals surface area contributed by atoms with Crippen LogP contribution in [0.4, 0.5) is 10.1 Å². The molecule has 0 saturated carbocycles. The van der Waals surface area contributed by atoms with Crippen molar-refractivity contribution in [3.63, 3.8) is 0 Å². The Labute approximate surface area is 160 Å². The van der Waals surface area contributed by atoms with Crippen molar-refractivity contribution in [2.75, 3.05) is 32.5 Å². The zero-order valence-electron chi connectivity index (χ0n) is 16.2. The highest BCUT2D eigenvalue weighted by Crippen LogP contribution is 2.29. The number of likely N-dealkylation sites (tertiary alicyclic amines) is 1. The molecule has 1 fully saturated rings. The summed E-state index contributed by atoms with van der Waals surface area (Å²) in [5.74, 6) is -0.282. The number of amides is 1. The first-order chi connectivity index (χ1) is 12.9. The summed E-state index contributed by atoms with van der Waals surface area (Å²) in [5.41, 5.74) is 1.97. The van der Waals surface area contributed by atoms with E-state index in [2.05, 4.69) is 15.2 Å². The summed E-state index contributed by atoms with van der Waals surface area (Å²) < 4.78 is 13.6. The van der Waals surface area contributed by atoms with E-state index in [9.17, 15) is 9.18 Å². The zero-order valence-corrected chi connectivity index (χ0v) is 16.2. The Hall–Kier alpha value is -2.47.